The summed E-state index contributed by atoms with van der Waals surface area (Å²) in [6.07, 6.45) is 3.31. The molecule has 0 N–H and O–H groups in total. The molecule has 0 unspecified atom stereocenters. The Morgan fingerprint density at radius 3 is 2.61 bits per heavy atom. The van der Waals surface area contributed by atoms with Crippen molar-refractivity contribution in [3.8, 4) is 0 Å². The summed E-state index contributed by atoms with van der Waals surface area (Å²) in [7, 11) is 0. The van der Waals surface area contributed by atoms with E-state index in [4.69, 9.17) is 4.98 Å². The summed E-state index contributed by atoms with van der Waals surface area (Å²) in [6, 6.07) is 11.8. The van der Waals surface area contributed by atoms with Crippen molar-refractivity contribution >= 4 is 32.6 Å². The second-order valence-corrected chi connectivity index (χ2v) is 6.49. The summed E-state index contributed by atoms with van der Waals surface area (Å²) in [4.78, 5) is 25.3. The molecule has 116 valence electrons. The van der Waals surface area contributed by atoms with E-state index in [9.17, 15) is 4.79 Å². The number of hydrogen-bond acceptors (Lipinski definition) is 5. The molecule has 1 aromatic carbocycles. The molecule has 1 aliphatic rings. The Morgan fingerprint density at radius 1 is 1.04 bits per heavy atom. The molecule has 1 aliphatic heterocycles. The van der Waals surface area contributed by atoms with Crippen LogP contribution in [0.15, 0.2) is 48.8 Å². The third-order valence-corrected chi connectivity index (χ3v) is 5.13. The Morgan fingerprint density at radius 2 is 1.87 bits per heavy atom. The van der Waals surface area contributed by atoms with E-state index in [1.165, 1.54) is 4.70 Å². The molecule has 2 aromatic heterocycles. The standard InChI is InChI=1S/C17H16N4OS/c22-16(13-4-3-7-18-12-13)20-8-10-21(11-9-20)17-19-14-5-1-2-6-15(14)23-17/h1-7,12H,8-11H2. The molecule has 1 amide bonds. The molecule has 5 nitrogen and oxygen atoms in total. The van der Waals surface area contributed by atoms with Crippen LogP contribution in [0.2, 0.25) is 0 Å². The van der Waals surface area contributed by atoms with Crippen molar-refractivity contribution in [2.45, 2.75) is 0 Å². The fourth-order valence-corrected chi connectivity index (χ4v) is 3.79. The predicted molar refractivity (Wildman–Crippen MR) is 92.0 cm³/mol. The Bertz CT molecular complexity index is 792. The molecule has 4 rings (SSSR count). The fourth-order valence-electron chi connectivity index (χ4n) is 2.77. The summed E-state index contributed by atoms with van der Waals surface area (Å²) < 4.78 is 1.20. The molecule has 0 aliphatic carbocycles. The lowest BCUT2D eigenvalue weighted by atomic mass is 10.2. The van der Waals surface area contributed by atoms with Gasteiger partial charge in [0.15, 0.2) is 5.13 Å². The molecule has 0 radical (unpaired) electrons. The number of rotatable bonds is 2. The number of amides is 1. The van der Waals surface area contributed by atoms with Crippen LogP contribution >= 0.6 is 11.3 Å². The van der Waals surface area contributed by atoms with Crippen LogP contribution < -0.4 is 4.90 Å². The first-order valence-corrected chi connectivity index (χ1v) is 8.43. The maximum absolute atomic E-state index is 12.4. The minimum Gasteiger partial charge on any atom is -0.345 e. The zero-order chi connectivity index (χ0) is 15.6. The molecule has 0 spiro atoms. The second kappa shape index (κ2) is 5.96. The zero-order valence-corrected chi connectivity index (χ0v) is 13.4. The normalized spacial score (nSPS) is 15.1. The molecule has 0 saturated carbocycles. The lowest BCUT2D eigenvalue weighted by Crippen LogP contribution is -2.48. The van der Waals surface area contributed by atoms with E-state index in [0.29, 0.717) is 18.7 Å². The summed E-state index contributed by atoms with van der Waals surface area (Å²) >= 11 is 1.71. The third-order valence-electron chi connectivity index (χ3n) is 4.03. The van der Waals surface area contributed by atoms with Gasteiger partial charge in [0.05, 0.1) is 15.8 Å². The number of anilines is 1. The van der Waals surface area contributed by atoms with Gasteiger partial charge < -0.3 is 9.80 Å². The van der Waals surface area contributed by atoms with E-state index < -0.39 is 0 Å². The number of piperazine rings is 1. The number of thiazole rings is 1. The Labute approximate surface area is 138 Å². The minimum atomic E-state index is 0.0575. The molecule has 3 aromatic rings. The molecule has 0 atom stereocenters. The van der Waals surface area contributed by atoms with Crippen LogP contribution in [0.25, 0.3) is 10.2 Å². The van der Waals surface area contributed by atoms with Gasteiger partial charge in [-0.1, -0.05) is 23.5 Å². The van der Waals surface area contributed by atoms with Gasteiger partial charge in [-0.15, -0.1) is 0 Å². The molecule has 23 heavy (non-hydrogen) atoms. The molecule has 1 saturated heterocycles. The number of para-hydroxylation sites is 1. The van der Waals surface area contributed by atoms with Crippen molar-refractivity contribution in [1.82, 2.24) is 14.9 Å². The first-order valence-electron chi connectivity index (χ1n) is 7.61. The quantitative estimate of drug-likeness (QED) is 0.727. The topological polar surface area (TPSA) is 49.3 Å². The van der Waals surface area contributed by atoms with Crippen LogP contribution in [0.5, 0.6) is 0 Å². The first kappa shape index (κ1) is 14.1. The maximum atomic E-state index is 12.4. The average molecular weight is 324 g/mol. The van der Waals surface area contributed by atoms with Crippen LogP contribution in [-0.4, -0.2) is 47.0 Å². The summed E-state index contributed by atoms with van der Waals surface area (Å²) in [5.41, 5.74) is 1.70. The summed E-state index contributed by atoms with van der Waals surface area (Å²) in [5, 5.41) is 1.04. The molecular formula is C17H16N4OS. The maximum Gasteiger partial charge on any atom is 0.255 e. The highest BCUT2D eigenvalue weighted by molar-refractivity contribution is 7.22. The van der Waals surface area contributed by atoms with Crippen LogP contribution in [0, 0.1) is 0 Å². The third kappa shape index (κ3) is 2.77. The summed E-state index contributed by atoms with van der Waals surface area (Å²) in [6.45, 7) is 3.05. The van der Waals surface area contributed by atoms with Crippen LogP contribution in [-0.2, 0) is 0 Å². The summed E-state index contributed by atoms with van der Waals surface area (Å²) in [5.74, 6) is 0.0575. The van der Waals surface area contributed by atoms with Gasteiger partial charge in [-0.2, -0.15) is 0 Å². The lowest BCUT2D eigenvalue weighted by molar-refractivity contribution is 0.0746. The molecular weight excluding hydrogens is 308 g/mol. The first-order chi connectivity index (χ1) is 11.3. The smallest absolute Gasteiger partial charge is 0.255 e. The monoisotopic (exact) mass is 324 g/mol. The SMILES string of the molecule is O=C(c1cccnc1)N1CCN(c2nc3ccccc3s2)CC1. The largest absolute Gasteiger partial charge is 0.345 e. The van der Waals surface area contributed by atoms with Gasteiger partial charge >= 0.3 is 0 Å². The van der Waals surface area contributed by atoms with Crippen LogP contribution in [0.4, 0.5) is 5.13 Å². The number of pyridine rings is 1. The van der Waals surface area contributed by atoms with Gasteiger partial charge in [-0.05, 0) is 24.3 Å². The number of carbonyl (C=O) groups is 1. The Hall–Kier alpha value is -2.47. The molecule has 0 bridgehead atoms. The predicted octanol–water partition coefficient (Wildman–Crippen LogP) is 2.65. The average Bonchev–Trinajstić information content (AvgIpc) is 3.06. The van der Waals surface area contributed by atoms with Crippen molar-refractivity contribution in [1.29, 1.82) is 0 Å². The van der Waals surface area contributed by atoms with Gasteiger partial charge in [-0.25, -0.2) is 4.98 Å². The molecule has 6 heteroatoms. The van der Waals surface area contributed by atoms with E-state index in [-0.39, 0.29) is 5.91 Å². The van der Waals surface area contributed by atoms with E-state index in [1.54, 1.807) is 29.8 Å². The van der Waals surface area contributed by atoms with Gasteiger partial charge in [0, 0.05) is 38.6 Å². The highest BCUT2D eigenvalue weighted by Crippen LogP contribution is 2.29. The van der Waals surface area contributed by atoms with Gasteiger partial charge in [0.1, 0.15) is 0 Å². The highest BCUT2D eigenvalue weighted by atomic mass is 32.1. The van der Waals surface area contributed by atoms with Crippen molar-refractivity contribution in [3.63, 3.8) is 0 Å². The fraction of sp³-hybridized carbons (Fsp3) is 0.235. The molecule has 3 heterocycles. The Balaban J connectivity index is 1.45. The van der Waals surface area contributed by atoms with Gasteiger partial charge in [0.2, 0.25) is 0 Å². The molecule has 1 fully saturated rings. The van der Waals surface area contributed by atoms with Gasteiger partial charge in [-0.3, -0.25) is 9.78 Å². The number of fused-ring (bicyclic) bond motifs is 1. The number of benzene rings is 1. The van der Waals surface area contributed by atoms with E-state index >= 15 is 0 Å². The van der Waals surface area contributed by atoms with Crippen LogP contribution in [0.1, 0.15) is 10.4 Å². The Kier molecular flexibility index (Phi) is 3.67. The van der Waals surface area contributed by atoms with Crippen LogP contribution in [0.3, 0.4) is 0 Å². The number of carbonyl (C=O) groups excluding carboxylic acids is 1. The number of hydrogen-bond donors (Lipinski definition) is 0. The minimum absolute atomic E-state index is 0.0575. The number of nitrogens with zero attached hydrogens (tertiary/aromatic N) is 4. The van der Waals surface area contributed by atoms with E-state index in [0.717, 1.165) is 23.7 Å². The van der Waals surface area contributed by atoms with Gasteiger partial charge in [0.25, 0.3) is 5.91 Å². The highest BCUT2D eigenvalue weighted by Gasteiger charge is 2.23. The second-order valence-electron chi connectivity index (χ2n) is 5.49. The van der Waals surface area contributed by atoms with E-state index in [1.807, 2.05) is 29.2 Å². The number of aromatic nitrogens is 2. The van der Waals surface area contributed by atoms with Crippen molar-refractivity contribution < 1.29 is 4.79 Å². The van der Waals surface area contributed by atoms with Crippen molar-refractivity contribution in [2.24, 2.45) is 0 Å². The van der Waals surface area contributed by atoms with Crippen molar-refractivity contribution in [3.05, 3.63) is 54.4 Å². The van der Waals surface area contributed by atoms with E-state index in [2.05, 4.69) is 16.0 Å². The lowest BCUT2D eigenvalue weighted by Gasteiger charge is -2.34. The zero-order valence-electron chi connectivity index (χ0n) is 12.6. The van der Waals surface area contributed by atoms with Crippen molar-refractivity contribution in [2.75, 3.05) is 31.1 Å².